The Kier molecular flexibility index (Phi) is 7.46. The van der Waals surface area contributed by atoms with Gasteiger partial charge in [0.25, 0.3) is 5.91 Å². The number of methoxy groups -OCH3 is 2. The van der Waals surface area contributed by atoms with Gasteiger partial charge in [0, 0.05) is 43.3 Å². The highest BCUT2D eigenvalue weighted by Gasteiger charge is 2.35. The number of aliphatic imine (C=N–C) groups is 1. The van der Waals surface area contributed by atoms with Crippen LogP contribution in [0, 0.1) is 0 Å². The summed E-state index contributed by atoms with van der Waals surface area (Å²) in [6.07, 6.45) is 4.07. The lowest BCUT2D eigenvalue weighted by molar-refractivity contribution is -0.0512. The van der Waals surface area contributed by atoms with Crippen molar-refractivity contribution in [3.05, 3.63) is 58.7 Å². The third-order valence-electron chi connectivity index (χ3n) is 6.61. The highest BCUT2D eigenvalue weighted by Crippen LogP contribution is 2.45. The van der Waals surface area contributed by atoms with E-state index in [-0.39, 0.29) is 29.4 Å². The van der Waals surface area contributed by atoms with E-state index in [9.17, 15) is 13.6 Å². The summed E-state index contributed by atoms with van der Waals surface area (Å²) in [6, 6.07) is 10.9. The first-order valence-corrected chi connectivity index (χ1v) is 11.5. The van der Waals surface area contributed by atoms with Crippen molar-refractivity contribution < 1.29 is 27.8 Å². The molecule has 4 rings (SSSR count). The zero-order valence-electron chi connectivity index (χ0n) is 19.7. The van der Waals surface area contributed by atoms with Crippen LogP contribution in [0.15, 0.2) is 41.4 Å². The monoisotopic (exact) mass is 472 g/mol. The van der Waals surface area contributed by atoms with Crippen LogP contribution in [-0.4, -0.2) is 63.6 Å². The Balaban J connectivity index is 1.71. The lowest BCUT2D eigenvalue weighted by Crippen LogP contribution is -2.30. The average Bonchev–Trinajstić information content (AvgIpc) is 2.85. The Bertz CT molecular complexity index is 1060. The largest absolute Gasteiger partial charge is 0.493 e. The maximum absolute atomic E-state index is 13.0. The smallest absolute Gasteiger partial charge is 0.387 e. The molecule has 1 heterocycles. The molecule has 2 atom stereocenters. The fraction of sp³-hybridized carbons (Fsp3) is 0.462. The van der Waals surface area contributed by atoms with Gasteiger partial charge in [0.1, 0.15) is 0 Å². The van der Waals surface area contributed by atoms with Gasteiger partial charge in [0.2, 0.25) is 0 Å². The zero-order valence-corrected chi connectivity index (χ0v) is 19.7. The Labute approximate surface area is 198 Å². The SMILES string of the molecule is COCCN(C)C(=O)c1ccc(C2=N[C@@H]3CCCC[C@@H]3c3cc(OC(F)F)c(OC)cc32)cc1. The fourth-order valence-corrected chi connectivity index (χ4v) is 4.85. The summed E-state index contributed by atoms with van der Waals surface area (Å²) in [5.41, 5.74) is 4.05. The molecule has 182 valence electrons. The molecule has 0 radical (unpaired) electrons. The Morgan fingerprint density at radius 2 is 1.85 bits per heavy atom. The fourth-order valence-electron chi connectivity index (χ4n) is 4.85. The van der Waals surface area contributed by atoms with E-state index < -0.39 is 6.61 Å². The van der Waals surface area contributed by atoms with E-state index in [1.165, 1.54) is 7.11 Å². The predicted molar refractivity (Wildman–Crippen MR) is 126 cm³/mol. The van der Waals surface area contributed by atoms with Crippen molar-refractivity contribution in [2.24, 2.45) is 4.99 Å². The quantitative estimate of drug-likeness (QED) is 0.549. The first-order valence-electron chi connectivity index (χ1n) is 11.5. The number of fused-ring (bicyclic) bond motifs is 3. The zero-order chi connectivity index (χ0) is 24.2. The maximum Gasteiger partial charge on any atom is 0.387 e. The van der Waals surface area contributed by atoms with Crippen molar-refractivity contribution in [1.82, 2.24) is 4.90 Å². The van der Waals surface area contributed by atoms with Gasteiger partial charge in [-0.1, -0.05) is 25.0 Å². The number of carbonyl (C=O) groups is 1. The Hall–Kier alpha value is -3.00. The van der Waals surface area contributed by atoms with Crippen LogP contribution in [0.2, 0.25) is 0 Å². The number of hydrogen-bond acceptors (Lipinski definition) is 5. The first kappa shape index (κ1) is 24.1. The second-order valence-corrected chi connectivity index (χ2v) is 8.70. The molecule has 0 unspecified atom stereocenters. The van der Waals surface area contributed by atoms with E-state index in [0.29, 0.717) is 18.7 Å². The third-order valence-corrected chi connectivity index (χ3v) is 6.61. The summed E-state index contributed by atoms with van der Waals surface area (Å²) in [7, 11) is 4.78. The number of nitrogens with zero attached hydrogens (tertiary/aromatic N) is 2. The van der Waals surface area contributed by atoms with Crippen molar-refractivity contribution in [1.29, 1.82) is 0 Å². The highest BCUT2D eigenvalue weighted by molar-refractivity contribution is 6.15. The number of ether oxygens (including phenoxy) is 3. The van der Waals surface area contributed by atoms with Crippen LogP contribution in [-0.2, 0) is 4.74 Å². The molecule has 1 saturated carbocycles. The molecule has 0 bridgehead atoms. The summed E-state index contributed by atoms with van der Waals surface area (Å²) in [4.78, 5) is 19.4. The van der Waals surface area contributed by atoms with Gasteiger partial charge in [-0.15, -0.1) is 0 Å². The van der Waals surface area contributed by atoms with Crippen LogP contribution in [0.4, 0.5) is 8.78 Å². The lowest BCUT2D eigenvalue weighted by atomic mass is 9.75. The van der Waals surface area contributed by atoms with Crippen molar-refractivity contribution in [2.75, 3.05) is 34.4 Å². The molecule has 6 nitrogen and oxygen atoms in total. The normalized spacial score (nSPS) is 19.2. The lowest BCUT2D eigenvalue weighted by Gasteiger charge is -2.36. The van der Waals surface area contributed by atoms with E-state index in [4.69, 9.17) is 19.2 Å². The third kappa shape index (κ3) is 4.92. The number of carbonyl (C=O) groups excluding carboxylic acids is 1. The van der Waals surface area contributed by atoms with Crippen LogP contribution in [0.5, 0.6) is 11.5 Å². The summed E-state index contributed by atoms with van der Waals surface area (Å²) < 4.78 is 41.3. The molecule has 2 aromatic carbocycles. The first-order chi connectivity index (χ1) is 16.4. The van der Waals surface area contributed by atoms with E-state index in [2.05, 4.69) is 0 Å². The Morgan fingerprint density at radius 1 is 1.12 bits per heavy atom. The second kappa shape index (κ2) is 10.5. The maximum atomic E-state index is 13.0. The van der Waals surface area contributed by atoms with Crippen molar-refractivity contribution in [3.63, 3.8) is 0 Å². The van der Waals surface area contributed by atoms with E-state index in [0.717, 1.165) is 48.1 Å². The number of hydrogen-bond donors (Lipinski definition) is 0. The molecule has 34 heavy (non-hydrogen) atoms. The Morgan fingerprint density at radius 3 is 2.53 bits per heavy atom. The minimum absolute atomic E-state index is 0.0434. The second-order valence-electron chi connectivity index (χ2n) is 8.70. The van der Waals surface area contributed by atoms with Crippen molar-refractivity contribution in [3.8, 4) is 11.5 Å². The molecule has 2 aromatic rings. The molecule has 0 N–H and O–H groups in total. The van der Waals surface area contributed by atoms with Crippen molar-refractivity contribution in [2.45, 2.75) is 44.3 Å². The van der Waals surface area contributed by atoms with Crippen LogP contribution in [0.3, 0.4) is 0 Å². The topological polar surface area (TPSA) is 60.4 Å². The minimum Gasteiger partial charge on any atom is -0.493 e. The van der Waals surface area contributed by atoms with Gasteiger partial charge in [-0.2, -0.15) is 8.78 Å². The summed E-state index contributed by atoms with van der Waals surface area (Å²) in [5, 5.41) is 0. The molecule has 1 fully saturated rings. The van der Waals surface area contributed by atoms with Crippen LogP contribution in [0.25, 0.3) is 0 Å². The average molecular weight is 473 g/mol. The van der Waals surface area contributed by atoms with Crippen LogP contribution >= 0.6 is 0 Å². The van der Waals surface area contributed by atoms with Gasteiger partial charge in [-0.05, 0) is 42.7 Å². The van der Waals surface area contributed by atoms with Crippen molar-refractivity contribution >= 4 is 11.6 Å². The van der Waals surface area contributed by atoms with Gasteiger partial charge >= 0.3 is 6.61 Å². The molecular weight excluding hydrogens is 442 g/mol. The van der Waals surface area contributed by atoms with Gasteiger partial charge in [0.15, 0.2) is 11.5 Å². The van der Waals surface area contributed by atoms with E-state index >= 15 is 0 Å². The summed E-state index contributed by atoms with van der Waals surface area (Å²) in [5.74, 6) is 0.362. The minimum atomic E-state index is -2.93. The number of alkyl halides is 2. The molecule has 1 aliphatic heterocycles. The van der Waals surface area contributed by atoms with Gasteiger partial charge < -0.3 is 19.1 Å². The molecular formula is C26H30F2N2O4. The highest BCUT2D eigenvalue weighted by atomic mass is 19.3. The summed E-state index contributed by atoms with van der Waals surface area (Å²) in [6.45, 7) is -1.96. The number of benzene rings is 2. The molecule has 8 heteroatoms. The van der Waals surface area contributed by atoms with E-state index in [1.54, 1.807) is 43.3 Å². The number of amides is 1. The van der Waals surface area contributed by atoms with Gasteiger partial charge in [-0.25, -0.2) is 0 Å². The summed E-state index contributed by atoms with van der Waals surface area (Å²) >= 11 is 0. The number of halogens is 2. The molecule has 1 aliphatic carbocycles. The van der Waals surface area contributed by atoms with Gasteiger partial charge in [0.05, 0.1) is 25.5 Å². The molecule has 1 amide bonds. The molecule has 2 aliphatic rings. The molecule has 0 aromatic heterocycles. The van der Waals surface area contributed by atoms with E-state index in [1.807, 2.05) is 12.1 Å². The molecule has 0 spiro atoms. The molecule has 0 saturated heterocycles. The van der Waals surface area contributed by atoms with Crippen LogP contribution in [0.1, 0.15) is 58.6 Å². The van der Waals surface area contributed by atoms with Crippen LogP contribution < -0.4 is 9.47 Å². The number of rotatable bonds is 8. The predicted octanol–water partition coefficient (Wildman–Crippen LogP) is 4.89. The number of likely N-dealkylation sites (N-methyl/N-ethyl adjacent to an activating group) is 1. The van der Waals surface area contributed by atoms with Gasteiger partial charge in [-0.3, -0.25) is 9.79 Å². The standard InChI is InChI=1S/C26H30F2N2O4/c1-30(12-13-32-2)25(31)17-10-8-16(9-11-17)24-20-15-22(33-3)23(34-26(27)28)14-19(20)18-6-4-5-7-21(18)29-24/h8-11,14-15,18,21,26H,4-7,12-13H2,1-3H3/t18-,21-/m1/s1.